The lowest BCUT2D eigenvalue weighted by molar-refractivity contribution is 0.236. The van der Waals surface area contributed by atoms with Crippen LogP contribution in [0.1, 0.15) is 13.8 Å². The maximum Gasteiger partial charge on any atom is 0.138 e. The molecule has 1 unspecified atom stereocenters. The molecule has 0 bridgehead atoms. The smallest absolute Gasteiger partial charge is 0.138 e. The molecule has 1 heterocycles. The Kier molecular flexibility index (Phi) is 3.98. The van der Waals surface area contributed by atoms with Crippen LogP contribution in [0.5, 0.6) is 5.75 Å². The average molecular weight is 255 g/mol. The van der Waals surface area contributed by atoms with E-state index in [4.69, 9.17) is 10.00 Å². The number of hydrogen-bond donors (Lipinski definition) is 1. The minimum atomic E-state index is -0.673. The van der Waals surface area contributed by atoms with Gasteiger partial charge in [0, 0.05) is 17.6 Å². The van der Waals surface area contributed by atoms with Crippen LogP contribution in [-0.4, -0.2) is 23.7 Å². The van der Waals surface area contributed by atoms with Gasteiger partial charge in [0.2, 0.25) is 0 Å². The van der Waals surface area contributed by atoms with Gasteiger partial charge in [-0.15, -0.1) is 0 Å². The molecular weight excluding hydrogens is 238 g/mol. The Hall–Kier alpha value is -2.12. The number of nitrogens with one attached hydrogen (secondary N) is 1. The Morgan fingerprint density at radius 2 is 2.26 bits per heavy atom. The minimum Gasteiger partial charge on any atom is -0.490 e. The molecule has 0 aliphatic rings. The molecule has 98 valence electrons. The zero-order valence-corrected chi connectivity index (χ0v) is 11.2. The number of ether oxygens (including phenoxy) is 1. The van der Waals surface area contributed by atoms with Crippen molar-refractivity contribution in [1.82, 2.24) is 10.3 Å². The second-order valence-electron chi connectivity index (χ2n) is 4.62. The first kappa shape index (κ1) is 13.3. The summed E-state index contributed by atoms with van der Waals surface area (Å²) in [6, 6.07) is 11.9. The summed E-state index contributed by atoms with van der Waals surface area (Å²) < 4.78 is 5.70. The van der Waals surface area contributed by atoms with E-state index in [9.17, 15) is 0 Å². The summed E-state index contributed by atoms with van der Waals surface area (Å²) in [6.07, 6.45) is 1.75. The number of rotatable bonds is 5. The first-order valence-electron chi connectivity index (χ1n) is 6.31. The van der Waals surface area contributed by atoms with E-state index in [1.165, 1.54) is 0 Å². The van der Waals surface area contributed by atoms with Crippen molar-refractivity contribution in [3.8, 4) is 11.8 Å². The van der Waals surface area contributed by atoms with Gasteiger partial charge in [-0.05, 0) is 31.7 Å². The number of hydrogen-bond acceptors (Lipinski definition) is 4. The first-order valence-corrected chi connectivity index (χ1v) is 6.31. The zero-order valence-electron chi connectivity index (χ0n) is 11.2. The van der Waals surface area contributed by atoms with Gasteiger partial charge in [0.1, 0.15) is 17.9 Å². The number of likely N-dealkylation sites (N-methyl/N-ethyl adjacent to an activating group) is 1. The summed E-state index contributed by atoms with van der Waals surface area (Å²) in [6.45, 7) is 4.83. The Labute approximate surface area is 113 Å². The van der Waals surface area contributed by atoms with Crippen molar-refractivity contribution in [3.63, 3.8) is 0 Å². The van der Waals surface area contributed by atoms with E-state index in [2.05, 4.69) is 16.4 Å². The van der Waals surface area contributed by atoms with Crippen molar-refractivity contribution >= 4 is 10.9 Å². The number of aromatic nitrogens is 1. The quantitative estimate of drug-likeness (QED) is 0.891. The van der Waals surface area contributed by atoms with Gasteiger partial charge >= 0.3 is 0 Å². The van der Waals surface area contributed by atoms with E-state index >= 15 is 0 Å². The predicted octanol–water partition coefficient (Wildman–Crippen LogP) is 2.51. The lowest BCUT2D eigenvalue weighted by atomic mass is 10.1. The molecule has 0 aliphatic carbocycles. The minimum absolute atomic E-state index is 0.301. The van der Waals surface area contributed by atoms with Gasteiger partial charge in [0.25, 0.3) is 0 Å². The van der Waals surface area contributed by atoms with Crippen molar-refractivity contribution in [3.05, 3.63) is 36.5 Å². The van der Waals surface area contributed by atoms with Crippen LogP contribution < -0.4 is 10.1 Å². The molecule has 0 fully saturated rings. The van der Waals surface area contributed by atoms with E-state index in [-0.39, 0.29) is 0 Å². The fraction of sp³-hybridized carbons (Fsp3) is 0.333. The van der Waals surface area contributed by atoms with Crippen molar-refractivity contribution < 1.29 is 4.74 Å². The van der Waals surface area contributed by atoms with Crippen LogP contribution in [0.15, 0.2) is 36.5 Å². The second kappa shape index (κ2) is 5.68. The number of nitriles is 1. The third kappa shape index (κ3) is 3.21. The fourth-order valence-electron chi connectivity index (χ4n) is 1.88. The lowest BCUT2D eigenvalue weighted by Crippen LogP contribution is -2.46. The molecule has 1 N–H and O–H groups in total. The number of pyridine rings is 1. The molecule has 0 saturated carbocycles. The van der Waals surface area contributed by atoms with E-state index in [0.29, 0.717) is 6.61 Å². The molecule has 1 aromatic carbocycles. The molecule has 1 aromatic heterocycles. The Bertz CT molecular complexity index is 606. The molecule has 2 aromatic rings. The third-order valence-electron chi connectivity index (χ3n) is 2.92. The summed E-state index contributed by atoms with van der Waals surface area (Å²) in [5.74, 6) is 0.727. The van der Waals surface area contributed by atoms with Crippen LogP contribution in [0, 0.1) is 11.3 Å². The van der Waals surface area contributed by atoms with E-state index < -0.39 is 5.54 Å². The zero-order chi connectivity index (χ0) is 13.7. The van der Waals surface area contributed by atoms with E-state index in [1.54, 1.807) is 6.20 Å². The molecule has 2 rings (SSSR count). The van der Waals surface area contributed by atoms with Crippen LogP contribution in [0.2, 0.25) is 0 Å². The van der Waals surface area contributed by atoms with Crippen LogP contribution >= 0.6 is 0 Å². The summed E-state index contributed by atoms with van der Waals surface area (Å²) in [7, 11) is 0. The molecule has 19 heavy (non-hydrogen) atoms. The maximum absolute atomic E-state index is 9.16. The molecule has 0 radical (unpaired) electrons. The van der Waals surface area contributed by atoms with Gasteiger partial charge in [-0.3, -0.25) is 10.3 Å². The monoisotopic (exact) mass is 255 g/mol. The van der Waals surface area contributed by atoms with Gasteiger partial charge in [0.15, 0.2) is 0 Å². The van der Waals surface area contributed by atoms with Gasteiger partial charge in [-0.2, -0.15) is 5.26 Å². The summed E-state index contributed by atoms with van der Waals surface area (Å²) in [5, 5.41) is 13.3. The van der Waals surface area contributed by atoms with Crippen LogP contribution in [0.25, 0.3) is 10.9 Å². The van der Waals surface area contributed by atoms with Crippen LogP contribution in [0.4, 0.5) is 0 Å². The number of fused-ring (bicyclic) bond motifs is 1. The third-order valence-corrected chi connectivity index (χ3v) is 2.92. The topological polar surface area (TPSA) is 57.9 Å². The van der Waals surface area contributed by atoms with Crippen LogP contribution in [0.3, 0.4) is 0 Å². The second-order valence-corrected chi connectivity index (χ2v) is 4.62. The largest absolute Gasteiger partial charge is 0.490 e. The molecule has 4 heteroatoms. The Balaban J connectivity index is 2.11. The summed E-state index contributed by atoms with van der Waals surface area (Å²) >= 11 is 0. The highest BCUT2D eigenvalue weighted by atomic mass is 16.5. The van der Waals surface area contributed by atoms with Crippen molar-refractivity contribution in [1.29, 1.82) is 5.26 Å². The Morgan fingerprint density at radius 1 is 1.42 bits per heavy atom. The van der Waals surface area contributed by atoms with Crippen molar-refractivity contribution in [2.75, 3.05) is 13.2 Å². The molecule has 0 aliphatic heterocycles. The highest BCUT2D eigenvalue weighted by molar-refractivity contribution is 5.79. The lowest BCUT2D eigenvalue weighted by Gasteiger charge is -2.22. The molecule has 0 amide bonds. The predicted molar refractivity (Wildman–Crippen MR) is 74.9 cm³/mol. The van der Waals surface area contributed by atoms with Crippen molar-refractivity contribution in [2.24, 2.45) is 0 Å². The first-order chi connectivity index (χ1) is 9.17. The maximum atomic E-state index is 9.16. The van der Waals surface area contributed by atoms with Gasteiger partial charge < -0.3 is 4.74 Å². The average Bonchev–Trinajstić information content (AvgIpc) is 2.45. The Morgan fingerprint density at radius 3 is 3.00 bits per heavy atom. The number of nitrogens with zero attached hydrogens (tertiary/aromatic N) is 2. The van der Waals surface area contributed by atoms with Gasteiger partial charge in [-0.25, -0.2) is 0 Å². The standard InChI is InChI=1S/C15H17N3O/c1-3-18-15(2,10-16)11-19-13-7-6-12-5-4-8-17-14(12)9-13/h4-9,18H,3,11H2,1-2H3. The highest BCUT2D eigenvalue weighted by Crippen LogP contribution is 2.19. The SMILES string of the molecule is CCNC(C)(C#N)COc1ccc2cccnc2c1. The van der Waals surface area contributed by atoms with Crippen LogP contribution in [-0.2, 0) is 0 Å². The molecular formula is C15H17N3O. The highest BCUT2D eigenvalue weighted by Gasteiger charge is 2.23. The fourth-order valence-corrected chi connectivity index (χ4v) is 1.88. The number of benzene rings is 1. The van der Waals surface area contributed by atoms with E-state index in [1.807, 2.05) is 44.2 Å². The normalized spacial score (nSPS) is 13.7. The van der Waals surface area contributed by atoms with Crippen molar-refractivity contribution in [2.45, 2.75) is 19.4 Å². The molecule has 0 saturated heterocycles. The van der Waals surface area contributed by atoms with E-state index in [0.717, 1.165) is 23.2 Å². The summed E-state index contributed by atoms with van der Waals surface area (Å²) in [4.78, 5) is 4.28. The molecule has 0 spiro atoms. The van der Waals surface area contributed by atoms with Gasteiger partial charge in [0.05, 0.1) is 11.6 Å². The van der Waals surface area contributed by atoms with Gasteiger partial charge in [-0.1, -0.05) is 13.0 Å². The molecule has 4 nitrogen and oxygen atoms in total. The summed E-state index contributed by atoms with van der Waals surface area (Å²) in [5.41, 5.74) is 0.218. The molecule has 1 atom stereocenters.